The molecule has 0 fully saturated rings. The first kappa shape index (κ1) is 14.3. The summed E-state index contributed by atoms with van der Waals surface area (Å²) in [4.78, 5) is 4.11. The molecule has 0 amide bonds. The van der Waals surface area contributed by atoms with Gasteiger partial charge in [-0.15, -0.1) is 0 Å². The topological polar surface area (TPSA) is 71.8 Å². The first-order valence-corrected chi connectivity index (χ1v) is 6.23. The van der Waals surface area contributed by atoms with Crippen molar-refractivity contribution in [2.75, 3.05) is 7.11 Å². The molecule has 5 nitrogen and oxygen atoms in total. The fourth-order valence-corrected chi connectivity index (χ4v) is 1.72. The Morgan fingerprint density at radius 1 is 1.20 bits per heavy atom. The minimum absolute atomic E-state index is 0.0543. The van der Waals surface area contributed by atoms with Crippen LogP contribution in [0.25, 0.3) is 0 Å². The van der Waals surface area contributed by atoms with Gasteiger partial charge in [0.05, 0.1) is 31.7 Å². The Kier molecular flexibility index (Phi) is 4.55. The maximum atomic E-state index is 9.40. The molecule has 2 aromatic rings. The number of rotatable bonds is 5. The van der Waals surface area contributed by atoms with Gasteiger partial charge in [0.25, 0.3) is 0 Å². The van der Waals surface area contributed by atoms with E-state index in [1.165, 1.54) is 7.11 Å². The third-order valence-corrected chi connectivity index (χ3v) is 2.83. The Morgan fingerprint density at radius 2 is 2.00 bits per heavy atom. The van der Waals surface area contributed by atoms with Crippen LogP contribution in [0.2, 0.25) is 0 Å². The van der Waals surface area contributed by atoms with Gasteiger partial charge in [0, 0.05) is 0 Å². The maximum absolute atomic E-state index is 9.40. The van der Waals surface area contributed by atoms with Gasteiger partial charge in [0.15, 0.2) is 11.5 Å². The minimum atomic E-state index is -0.609. The second-order valence-electron chi connectivity index (χ2n) is 4.34. The molecule has 0 bridgehead atoms. The fraction of sp³-hybridized carbons (Fsp3) is 0.267. The number of methoxy groups -OCH3 is 1. The van der Waals surface area contributed by atoms with Crippen molar-refractivity contribution in [3.63, 3.8) is 0 Å². The molecule has 0 radical (unpaired) electrons. The number of hydrogen-bond donors (Lipinski definition) is 2. The molecule has 1 aromatic heterocycles. The molecule has 20 heavy (non-hydrogen) atoms. The summed E-state index contributed by atoms with van der Waals surface area (Å²) in [5, 5.41) is 18.5. The third kappa shape index (κ3) is 3.26. The lowest BCUT2D eigenvalue weighted by Crippen LogP contribution is -1.96. The number of benzene rings is 1. The molecule has 0 saturated heterocycles. The zero-order valence-electron chi connectivity index (χ0n) is 11.4. The molecule has 2 N–H and O–H groups in total. The van der Waals surface area contributed by atoms with Crippen molar-refractivity contribution in [2.45, 2.75) is 19.6 Å². The highest BCUT2D eigenvalue weighted by atomic mass is 16.5. The molecule has 0 unspecified atom stereocenters. The maximum Gasteiger partial charge on any atom is 0.169 e. The lowest BCUT2D eigenvalue weighted by molar-refractivity contribution is 0.194. The molecule has 2 rings (SSSR count). The van der Waals surface area contributed by atoms with E-state index in [1.54, 1.807) is 43.5 Å². The van der Waals surface area contributed by atoms with Crippen LogP contribution in [0.4, 0.5) is 0 Å². The molecule has 1 heterocycles. The normalized spacial score (nSPS) is 12.0. The first-order valence-electron chi connectivity index (χ1n) is 6.23. The molecule has 0 saturated carbocycles. The van der Waals surface area contributed by atoms with Gasteiger partial charge < -0.3 is 19.7 Å². The highest BCUT2D eigenvalue weighted by Gasteiger charge is 2.08. The van der Waals surface area contributed by atoms with Crippen LogP contribution < -0.4 is 9.47 Å². The molecule has 106 valence electrons. The van der Waals surface area contributed by atoms with Gasteiger partial charge in [-0.1, -0.05) is 6.07 Å². The molecule has 0 spiro atoms. The molecule has 0 aliphatic heterocycles. The minimum Gasteiger partial charge on any atom is -0.493 e. The van der Waals surface area contributed by atoms with Crippen LogP contribution in [0, 0.1) is 0 Å². The molecule has 5 heteroatoms. The zero-order chi connectivity index (χ0) is 14.5. The van der Waals surface area contributed by atoms with Crippen molar-refractivity contribution < 1.29 is 19.7 Å². The predicted molar refractivity (Wildman–Crippen MR) is 73.9 cm³/mol. The Balaban J connectivity index is 2.20. The molecular formula is C15H17NO4. The van der Waals surface area contributed by atoms with Crippen LogP contribution in [-0.4, -0.2) is 22.3 Å². The highest BCUT2D eigenvalue weighted by molar-refractivity contribution is 5.45. The number of pyridine rings is 1. The van der Waals surface area contributed by atoms with Crippen LogP contribution >= 0.6 is 0 Å². The van der Waals surface area contributed by atoms with E-state index >= 15 is 0 Å². The number of aliphatic hydroxyl groups excluding tert-OH is 2. The van der Waals surface area contributed by atoms with Crippen LogP contribution in [0.3, 0.4) is 0 Å². The molecule has 1 aromatic carbocycles. The second kappa shape index (κ2) is 6.36. The van der Waals surface area contributed by atoms with E-state index in [9.17, 15) is 5.11 Å². The van der Waals surface area contributed by atoms with Gasteiger partial charge >= 0.3 is 0 Å². The van der Waals surface area contributed by atoms with Crippen molar-refractivity contribution in [1.82, 2.24) is 4.98 Å². The summed E-state index contributed by atoms with van der Waals surface area (Å²) in [7, 11) is 1.54. The highest BCUT2D eigenvalue weighted by Crippen LogP contribution is 2.32. The van der Waals surface area contributed by atoms with Crippen molar-refractivity contribution >= 4 is 0 Å². The van der Waals surface area contributed by atoms with Gasteiger partial charge in [0.1, 0.15) is 5.75 Å². The lowest BCUT2D eigenvalue weighted by atomic mass is 10.2. The SMILES string of the molecule is COc1cc(CO)ccc1Oc1ccc([C@H](C)O)nc1. The van der Waals surface area contributed by atoms with Crippen molar-refractivity contribution in [2.24, 2.45) is 0 Å². The number of aliphatic hydroxyl groups is 2. The van der Waals surface area contributed by atoms with E-state index in [4.69, 9.17) is 14.6 Å². The Morgan fingerprint density at radius 3 is 2.55 bits per heavy atom. The summed E-state index contributed by atoms with van der Waals surface area (Å²) < 4.78 is 10.9. The summed E-state index contributed by atoms with van der Waals surface area (Å²) in [6.07, 6.45) is 0.934. The molecule has 1 atom stereocenters. The number of hydrogen-bond acceptors (Lipinski definition) is 5. The van der Waals surface area contributed by atoms with Gasteiger partial charge in [0.2, 0.25) is 0 Å². The monoisotopic (exact) mass is 275 g/mol. The van der Waals surface area contributed by atoms with Gasteiger partial charge in [-0.05, 0) is 36.8 Å². The smallest absolute Gasteiger partial charge is 0.169 e. The average Bonchev–Trinajstić information content (AvgIpc) is 2.48. The largest absolute Gasteiger partial charge is 0.493 e. The molecule has 0 aliphatic rings. The Hall–Kier alpha value is -2.11. The summed E-state index contributed by atoms with van der Waals surface area (Å²) in [5.41, 5.74) is 1.33. The first-order chi connectivity index (χ1) is 9.63. The summed E-state index contributed by atoms with van der Waals surface area (Å²) in [6, 6.07) is 8.64. The van der Waals surface area contributed by atoms with E-state index in [0.717, 1.165) is 5.56 Å². The fourth-order valence-electron chi connectivity index (χ4n) is 1.72. The molecule has 0 aliphatic carbocycles. The van der Waals surface area contributed by atoms with Gasteiger partial charge in [-0.3, -0.25) is 4.98 Å². The number of nitrogens with zero attached hydrogens (tertiary/aromatic N) is 1. The second-order valence-corrected chi connectivity index (χ2v) is 4.34. The van der Waals surface area contributed by atoms with E-state index in [1.807, 2.05) is 0 Å². The van der Waals surface area contributed by atoms with Crippen molar-refractivity contribution in [3.05, 3.63) is 47.8 Å². The summed E-state index contributed by atoms with van der Waals surface area (Å²) in [5.74, 6) is 1.62. The number of ether oxygens (including phenoxy) is 2. The van der Waals surface area contributed by atoms with Crippen LogP contribution in [-0.2, 0) is 6.61 Å². The summed E-state index contributed by atoms with van der Waals surface area (Å²) >= 11 is 0. The third-order valence-electron chi connectivity index (χ3n) is 2.83. The van der Waals surface area contributed by atoms with E-state index in [-0.39, 0.29) is 6.61 Å². The van der Waals surface area contributed by atoms with Gasteiger partial charge in [-0.2, -0.15) is 0 Å². The van der Waals surface area contributed by atoms with Crippen LogP contribution in [0.1, 0.15) is 24.3 Å². The standard InChI is InChI=1S/C15H17NO4/c1-10(18)13-5-4-12(8-16-13)20-14-6-3-11(9-17)7-15(14)19-2/h3-8,10,17-18H,9H2,1-2H3/t10-/m0/s1. The van der Waals surface area contributed by atoms with Crippen LogP contribution in [0.15, 0.2) is 36.5 Å². The van der Waals surface area contributed by atoms with E-state index in [0.29, 0.717) is 22.9 Å². The quantitative estimate of drug-likeness (QED) is 0.876. The number of aromatic nitrogens is 1. The van der Waals surface area contributed by atoms with Crippen molar-refractivity contribution in [3.8, 4) is 17.2 Å². The zero-order valence-corrected chi connectivity index (χ0v) is 11.4. The summed E-state index contributed by atoms with van der Waals surface area (Å²) in [6.45, 7) is 1.60. The molecular weight excluding hydrogens is 258 g/mol. The predicted octanol–water partition coefficient (Wildman–Crippen LogP) is 2.43. The van der Waals surface area contributed by atoms with E-state index in [2.05, 4.69) is 4.98 Å². The van der Waals surface area contributed by atoms with Crippen LogP contribution in [0.5, 0.6) is 17.2 Å². The Bertz CT molecular complexity index is 567. The lowest BCUT2D eigenvalue weighted by Gasteiger charge is -2.11. The average molecular weight is 275 g/mol. The van der Waals surface area contributed by atoms with E-state index < -0.39 is 6.10 Å². The van der Waals surface area contributed by atoms with Crippen molar-refractivity contribution in [1.29, 1.82) is 0 Å². The Labute approximate surface area is 117 Å². The van der Waals surface area contributed by atoms with Gasteiger partial charge in [-0.25, -0.2) is 0 Å².